The highest BCUT2D eigenvalue weighted by Gasteiger charge is 2.26. The van der Waals surface area contributed by atoms with Crippen LogP contribution < -0.4 is 5.32 Å². The van der Waals surface area contributed by atoms with E-state index < -0.39 is 0 Å². The van der Waals surface area contributed by atoms with E-state index in [1.807, 2.05) is 0 Å². The van der Waals surface area contributed by atoms with Gasteiger partial charge in [0.05, 0.1) is 0 Å². The van der Waals surface area contributed by atoms with Crippen LogP contribution in [0.2, 0.25) is 0 Å². The average molecular weight is 254 g/mol. The normalized spacial score (nSPS) is 25.3. The van der Waals surface area contributed by atoms with Gasteiger partial charge in [0, 0.05) is 12.6 Å². The highest BCUT2D eigenvalue weighted by molar-refractivity contribution is 4.83. The quantitative estimate of drug-likeness (QED) is 0.749. The summed E-state index contributed by atoms with van der Waals surface area (Å²) in [6.45, 7) is 16.7. The minimum atomic E-state index is 0.760. The molecule has 1 aliphatic heterocycles. The monoisotopic (exact) mass is 254 g/mol. The second kappa shape index (κ2) is 8.16. The molecule has 0 aromatic rings. The Morgan fingerprint density at radius 1 is 1.06 bits per heavy atom. The second-order valence-electron chi connectivity index (χ2n) is 6.94. The highest BCUT2D eigenvalue weighted by atomic mass is 15.2. The molecule has 1 fully saturated rings. The molecule has 108 valence electrons. The van der Waals surface area contributed by atoms with E-state index in [-0.39, 0.29) is 0 Å². The molecule has 0 bridgehead atoms. The van der Waals surface area contributed by atoms with Crippen LogP contribution in [0.5, 0.6) is 0 Å². The summed E-state index contributed by atoms with van der Waals surface area (Å²) in [5.74, 6) is 2.49. The molecule has 18 heavy (non-hydrogen) atoms. The first-order valence-corrected chi connectivity index (χ1v) is 7.95. The summed E-state index contributed by atoms with van der Waals surface area (Å²) in [6, 6.07) is 0.760. The van der Waals surface area contributed by atoms with E-state index in [1.54, 1.807) is 0 Å². The maximum absolute atomic E-state index is 3.58. The maximum Gasteiger partial charge on any atom is 0.0246 e. The van der Waals surface area contributed by atoms with Crippen molar-refractivity contribution < 1.29 is 0 Å². The van der Waals surface area contributed by atoms with Gasteiger partial charge in [-0.2, -0.15) is 0 Å². The molecule has 2 heteroatoms. The van der Waals surface area contributed by atoms with Crippen molar-refractivity contribution in [2.75, 3.05) is 26.2 Å². The lowest BCUT2D eigenvalue weighted by molar-refractivity contribution is 0.111. The number of piperidine rings is 1. The predicted molar refractivity (Wildman–Crippen MR) is 80.9 cm³/mol. The summed E-state index contributed by atoms with van der Waals surface area (Å²) < 4.78 is 0. The molecule has 0 radical (unpaired) electrons. The van der Waals surface area contributed by atoms with Crippen molar-refractivity contribution in [3.63, 3.8) is 0 Å². The first kappa shape index (κ1) is 16.0. The molecule has 2 nitrogen and oxygen atoms in total. The summed E-state index contributed by atoms with van der Waals surface area (Å²) in [7, 11) is 0. The van der Waals surface area contributed by atoms with Crippen LogP contribution in [0.4, 0.5) is 0 Å². The third-order valence-corrected chi connectivity index (χ3v) is 4.24. The van der Waals surface area contributed by atoms with E-state index in [4.69, 9.17) is 0 Å². The van der Waals surface area contributed by atoms with E-state index in [1.165, 1.54) is 45.4 Å². The van der Waals surface area contributed by atoms with Gasteiger partial charge in [-0.15, -0.1) is 0 Å². The Morgan fingerprint density at radius 3 is 2.06 bits per heavy atom. The van der Waals surface area contributed by atoms with Gasteiger partial charge in [-0.05, 0) is 56.7 Å². The van der Waals surface area contributed by atoms with Crippen molar-refractivity contribution in [2.24, 2.45) is 17.8 Å². The SMILES string of the molecule is CC(C)CCN(CCC(C)C)C1CNCCC1C. The molecule has 0 spiro atoms. The zero-order chi connectivity index (χ0) is 13.5. The third-order valence-electron chi connectivity index (χ3n) is 4.24. The fourth-order valence-electron chi connectivity index (χ4n) is 2.75. The number of nitrogens with one attached hydrogen (secondary N) is 1. The lowest BCUT2D eigenvalue weighted by Crippen LogP contribution is -2.51. The molecule has 0 aromatic carbocycles. The molecule has 0 amide bonds. The predicted octanol–water partition coefficient (Wildman–Crippen LogP) is 3.38. The molecule has 0 aliphatic carbocycles. The van der Waals surface area contributed by atoms with E-state index in [0.29, 0.717) is 0 Å². The summed E-state index contributed by atoms with van der Waals surface area (Å²) in [4.78, 5) is 2.76. The van der Waals surface area contributed by atoms with Crippen LogP contribution in [0.3, 0.4) is 0 Å². The van der Waals surface area contributed by atoms with Crippen molar-refractivity contribution in [3.8, 4) is 0 Å². The van der Waals surface area contributed by atoms with Crippen molar-refractivity contribution in [1.29, 1.82) is 0 Å². The van der Waals surface area contributed by atoms with Crippen LogP contribution in [0.1, 0.15) is 53.9 Å². The van der Waals surface area contributed by atoms with Crippen LogP contribution in [-0.2, 0) is 0 Å². The molecule has 1 saturated heterocycles. The van der Waals surface area contributed by atoms with Gasteiger partial charge in [-0.25, -0.2) is 0 Å². The number of rotatable bonds is 7. The van der Waals surface area contributed by atoms with E-state index in [9.17, 15) is 0 Å². The van der Waals surface area contributed by atoms with E-state index in [0.717, 1.165) is 23.8 Å². The Morgan fingerprint density at radius 2 is 1.61 bits per heavy atom. The Bertz CT molecular complexity index is 201. The minimum Gasteiger partial charge on any atom is -0.315 e. The molecule has 1 heterocycles. The first-order chi connectivity index (χ1) is 8.50. The Labute approximate surface area is 115 Å². The summed E-state index contributed by atoms with van der Waals surface area (Å²) in [6.07, 6.45) is 4.01. The molecule has 0 aromatic heterocycles. The van der Waals surface area contributed by atoms with Gasteiger partial charge in [0.25, 0.3) is 0 Å². The van der Waals surface area contributed by atoms with Gasteiger partial charge in [-0.3, -0.25) is 4.90 Å². The Balaban J connectivity index is 2.50. The molecular formula is C16H34N2. The number of nitrogens with zero attached hydrogens (tertiary/aromatic N) is 1. The number of hydrogen-bond donors (Lipinski definition) is 1. The van der Waals surface area contributed by atoms with E-state index in [2.05, 4.69) is 44.8 Å². The van der Waals surface area contributed by atoms with Gasteiger partial charge in [-0.1, -0.05) is 34.6 Å². The van der Waals surface area contributed by atoms with Crippen LogP contribution >= 0.6 is 0 Å². The van der Waals surface area contributed by atoms with Crippen LogP contribution in [0, 0.1) is 17.8 Å². The van der Waals surface area contributed by atoms with Gasteiger partial charge >= 0.3 is 0 Å². The number of hydrogen-bond acceptors (Lipinski definition) is 2. The summed E-state index contributed by atoms with van der Waals surface area (Å²) in [5.41, 5.74) is 0. The summed E-state index contributed by atoms with van der Waals surface area (Å²) in [5, 5.41) is 3.58. The molecular weight excluding hydrogens is 220 g/mol. The fourth-order valence-corrected chi connectivity index (χ4v) is 2.75. The molecule has 2 unspecified atom stereocenters. The fraction of sp³-hybridized carbons (Fsp3) is 1.00. The molecule has 1 N–H and O–H groups in total. The zero-order valence-corrected chi connectivity index (χ0v) is 13.2. The smallest absolute Gasteiger partial charge is 0.0246 e. The van der Waals surface area contributed by atoms with Crippen LogP contribution in [0.15, 0.2) is 0 Å². The van der Waals surface area contributed by atoms with Gasteiger partial charge < -0.3 is 5.32 Å². The lowest BCUT2D eigenvalue weighted by atomic mass is 9.92. The van der Waals surface area contributed by atoms with Gasteiger partial charge in [0.2, 0.25) is 0 Å². The maximum atomic E-state index is 3.58. The molecule has 1 aliphatic rings. The second-order valence-corrected chi connectivity index (χ2v) is 6.94. The van der Waals surface area contributed by atoms with E-state index >= 15 is 0 Å². The van der Waals surface area contributed by atoms with Crippen molar-refractivity contribution in [2.45, 2.75) is 59.9 Å². The standard InChI is InChI=1S/C16H34N2/c1-13(2)7-10-18(11-8-14(3)4)16-12-17-9-6-15(16)5/h13-17H,6-12H2,1-5H3. The molecule has 2 atom stereocenters. The van der Waals surface area contributed by atoms with Crippen LogP contribution in [0.25, 0.3) is 0 Å². The first-order valence-electron chi connectivity index (χ1n) is 7.95. The van der Waals surface area contributed by atoms with Gasteiger partial charge in [0.15, 0.2) is 0 Å². The van der Waals surface area contributed by atoms with Crippen molar-refractivity contribution >= 4 is 0 Å². The average Bonchev–Trinajstić information content (AvgIpc) is 2.30. The van der Waals surface area contributed by atoms with Crippen LogP contribution in [-0.4, -0.2) is 37.1 Å². The molecule has 0 saturated carbocycles. The zero-order valence-electron chi connectivity index (χ0n) is 13.2. The topological polar surface area (TPSA) is 15.3 Å². The minimum absolute atomic E-state index is 0.760. The Hall–Kier alpha value is -0.0800. The lowest BCUT2D eigenvalue weighted by Gasteiger charge is -2.39. The summed E-state index contributed by atoms with van der Waals surface area (Å²) >= 11 is 0. The third kappa shape index (κ3) is 5.71. The van der Waals surface area contributed by atoms with Gasteiger partial charge in [0.1, 0.15) is 0 Å². The molecule has 1 rings (SSSR count). The van der Waals surface area contributed by atoms with Crippen molar-refractivity contribution in [3.05, 3.63) is 0 Å². The highest BCUT2D eigenvalue weighted by Crippen LogP contribution is 2.20. The largest absolute Gasteiger partial charge is 0.315 e. The van der Waals surface area contributed by atoms with Crippen molar-refractivity contribution in [1.82, 2.24) is 10.2 Å². The Kier molecular flexibility index (Phi) is 7.25.